The third-order valence-corrected chi connectivity index (χ3v) is 2.78. The van der Waals surface area contributed by atoms with E-state index in [2.05, 4.69) is 4.90 Å². The molecule has 5 nitrogen and oxygen atoms in total. The van der Waals surface area contributed by atoms with E-state index >= 15 is 0 Å². The van der Waals surface area contributed by atoms with Crippen molar-refractivity contribution >= 4 is 6.09 Å². The zero-order valence-corrected chi connectivity index (χ0v) is 12.0. The van der Waals surface area contributed by atoms with Gasteiger partial charge in [-0.25, -0.2) is 4.79 Å². The Hall–Kier alpha value is -0.810. The molecule has 1 heterocycles. The normalized spacial score (nSPS) is 18.2. The van der Waals surface area contributed by atoms with Crippen molar-refractivity contribution in [3.05, 3.63) is 0 Å². The number of hydrogen-bond acceptors (Lipinski definition) is 4. The minimum absolute atomic E-state index is 0.216. The minimum atomic E-state index is -0.680. The van der Waals surface area contributed by atoms with Gasteiger partial charge in [-0.15, -0.1) is 0 Å². The Bertz CT molecular complexity index is 266. The Balaban J connectivity index is 2.28. The molecule has 0 unspecified atom stereocenters. The predicted molar refractivity (Wildman–Crippen MR) is 70.5 cm³/mol. The summed E-state index contributed by atoms with van der Waals surface area (Å²) in [7, 11) is 0. The Morgan fingerprint density at radius 3 is 2.28 bits per heavy atom. The van der Waals surface area contributed by atoms with Crippen molar-refractivity contribution in [2.45, 2.75) is 33.3 Å². The molecule has 1 rings (SSSR count). The summed E-state index contributed by atoms with van der Waals surface area (Å²) in [6, 6.07) is 0. The van der Waals surface area contributed by atoms with E-state index in [1.165, 1.54) is 0 Å². The van der Waals surface area contributed by atoms with Crippen molar-refractivity contribution in [3.63, 3.8) is 0 Å². The molecule has 5 heteroatoms. The lowest BCUT2D eigenvalue weighted by Crippen LogP contribution is -2.52. The van der Waals surface area contributed by atoms with Gasteiger partial charge in [-0.3, -0.25) is 4.90 Å². The van der Waals surface area contributed by atoms with Gasteiger partial charge in [0.1, 0.15) is 0 Å². The van der Waals surface area contributed by atoms with Crippen molar-refractivity contribution in [2.75, 3.05) is 39.3 Å². The molecule has 0 aromatic carbocycles. The highest BCUT2D eigenvalue weighted by atomic mass is 16.6. The molecule has 0 saturated carbocycles. The third kappa shape index (κ3) is 5.69. The maximum atomic E-state index is 11.7. The Morgan fingerprint density at radius 2 is 1.83 bits per heavy atom. The Kier molecular flexibility index (Phi) is 5.41. The number of nitrogens with zero attached hydrogens (tertiary/aromatic N) is 2. The van der Waals surface area contributed by atoms with Gasteiger partial charge in [0.05, 0.1) is 12.2 Å². The fourth-order valence-electron chi connectivity index (χ4n) is 1.97. The van der Waals surface area contributed by atoms with E-state index in [9.17, 15) is 9.90 Å². The van der Waals surface area contributed by atoms with Gasteiger partial charge < -0.3 is 14.7 Å². The summed E-state index contributed by atoms with van der Waals surface area (Å²) in [6.07, 6.45) is -0.216. The van der Waals surface area contributed by atoms with Crippen molar-refractivity contribution in [2.24, 2.45) is 5.92 Å². The zero-order valence-electron chi connectivity index (χ0n) is 12.0. The standard InChI is InChI=1S/C13H26N2O3/c1-11(2)9-18-12(16)15-7-5-14(6-8-15)10-13(3,4)17/h11,17H,5-10H2,1-4H3. The van der Waals surface area contributed by atoms with Gasteiger partial charge in [0.25, 0.3) is 0 Å². The number of carbonyl (C=O) groups excluding carboxylic acids is 1. The molecule has 1 fully saturated rings. The second kappa shape index (κ2) is 6.38. The Labute approximate surface area is 110 Å². The number of β-amino-alcohol motifs (C(OH)–C–C–N with tert-alkyl or cyclic N) is 1. The van der Waals surface area contributed by atoms with Gasteiger partial charge in [0, 0.05) is 32.7 Å². The van der Waals surface area contributed by atoms with Crippen LogP contribution in [0.15, 0.2) is 0 Å². The van der Waals surface area contributed by atoms with Crippen LogP contribution in [0.2, 0.25) is 0 Å². The SMILES string of the molecule is CC(C)COC(=O)N1CCN(CC(C)(C)O)CC1. The molecule has 0 aromatic heterocycles. The van der Waals surface area contributed by atoms with E-state index in [0.717, 1.165) is 13.1 Å². The summed E-state index contributed by atoms with van der Waals surface area (Å²) < 4.78 is 5.20. The highest BCUT2D eigenvalue weighted by molar-refractivity contribution is 5.67. The van der Waals surface area contributed by atoms with Crippen LogP contribution < -0.4 is 0 Å². The first-order chi connectivity index (χ1) is 8.28. The van der Waals surface area contributed by atoms with E-state index in [1.54, 1.807) is 18.7 Å². The first-order valence-corrected chi connectivity index (χ1v) is 6.64. The molecule has 1 aliphatic rings. The number of amides is 1. The summed E-state index contributed by atoms with van der Waals surface area (Å²) in [6.45, 7) is 11.7. The maximum absolute atomic E-state index is 11.7. The smallest absolute Gasteiger partial charge is 0.409 e. The predicted octanol–water partition coefficient (Wildman–Crippen LogP) is 1.17. The lowest BCUT2D eigenvalue weighted by Gasteiger charge is -2.36. The second-order valence-electron chi connectivity index (χ2n) is 6.05. The lowest BCUT2D eigenvalue weighted by molar-refractivity contribution is 0.0150. The van der Waals surface area contributed by atoms with E-state index in [1.807, 2.05) is 13.8 Å². The van der Waals surface area contributed by atoms with Gasteiger partial charge in [-0.1, -0.05) is 13.8 Å². The van der Waals surface area contributed by atoms with Crippen LogP contribution in [0.5, 0.6) is 0 Å². The fourth-order valence-corrected chi connectivity index (χ4v) is 1.97. The van der Waals surface area contributed by atoms with E-state index < -0.39 is 5.60 Å². The number of piperazine rings is 1. The number of ether oxygens (including phenoxy) is 1. The van der Waals surface area contributed by atoms with Crippen molar-refractivity contribution < 1.29 is 14.6 Å². The average Bonchev–Trinajstić information content (AvgIpc) is 2.24. The first kappa shape index (κ1) is 15.2. The second-order valence-corrected chi connectivity index (χ2v) is 6.05. The average molecular weight is 258 g/mol. The maximum Gasteiger partial charge on any atom is 0.409 e. The van der Waals surface area contributed by atoms with Crippen LogP contribution in [0.3, 0.4) is 0 Å². The fraction of sp³-hybridized carbons (Fsp3) is 0.923. The van der Waals surface area contributed by atoms with Crippen molar-refractivity contribution in [3.8, 4) is 0 Å². The molecule has 1 N–H and O–H groups in total. The molecule has 1 aliphatic heterocycles. The molecule has 18 heavy (non-hydrogen) atoms. The van der Waals surface area contributed by atoms with Crippen LogP contribution in [0, 0.1) is 5.92 Å². The van der Waals surface area contributed by atoms with Crippen LogP contribution in [-0.4, -0.2) is 65.9 Å². The topological polar surface area (TPSA) is 53.0 Å². The summed E-state index contributed by atoms with van der Waals surface area (Å²) in [5, 5.41) is 9.74. The molecule has 0 bridgehead atoms. The van der Waals surface area contributed by atoms with Gasteiger partial charge in [0.2, 0.25) is 0 Å². The van der Waals surface area contributed by atoms with E-state index in [-0.39, 0.29) is 6.09 Å². The molecular weight excluding hydrogens is 232 g/mol. The van der Waals surface area contributed by atoms with Crippen LogP contribution in [0.25, 0.3) is 0 Å². The first-order valence-electron chi connectivity index (χ1n) is 6.64. The summed E-state index contributed by atoms with van der Waals surface area (Å²) >= 11 is 0. The molecular formula is C13H26N2O3. The minimum Gasteiger partial charge on any atom is -0.449 e. The van der Waals surface area contributed by atoms with Gasteiger partial charge in [0.15, 0.2) is 0 Å². The number of rotatable bonds is 4. The molecule has 0 radical (unpaired) electrons. The molecule has 106 valence electrons. The highest BCUT2D eigenvalue weighted by Crippen LogP contribution is 2.09. The van der Waals surface area contributed by atoms with E-state index in [0.29, 0.717) is 32.2 Å². The van der Waals surface area contributed by atoms with Crippen molar-refractivity contribution in [1.29, 1.82) is 0 Å². The Morgan fingerprint density at radius 1 is 1.28 bits per heavy atom. The summed E-state index contributed by atoms with van der Waals surface area (Å²) in [4.78, 5) is 15.6. The lowest BCUT2D eigenvalue weighted by atomic mass is 10.1. The highest BCUT2D eigenvalue weighted by Gasteiger charge is 2.25. The van der Waals surface area contributed by atoms with Crippen LogP contribution in [-0.2, 0) is 4.74 Å². The number of carbonyl (C=O) groups is 1. The van der Waals surface area contributed by atoms with Crippen LogP contribution in [0.1, 0.15) is 27.7 Å². The molecule has 0 atom stereocenters. The van der Waals surface area contributed by atoms with Gasteiger partial charge in [-0.2, -0.15) is 0 Å². The van der Waals surface area contributed by atoms with Gasteiger partial charge in [-0.05, 0) is 19.8 Å². The summed E-state index contributed by atoms with van der Waals surface area (Å²) in [5.74, 6) is 0.366. The molecule has 0 aromatic rings. The van der Waals surface area contributed by atoms with Crippen molar-refractivity contribution in [1.82, 2.24) is 9.80 Å². The quantitative estimate of drug-likeness (QED) is 0.822. The zero-order chi connectivity index (χ0) is 13.8. The molecule has 1 amide bonds. The molecule has 0 aliphatic carbocycles. The third-order valence-electron chi connectivity index (χ3n) is 2.78. The number of hydrogen-bond donors (Lipinski definition) is 1. The monoisotopic (exact) mass is 258 g/mol. The van der Waals surface area contributed by atoms with E-state index in [4.69, 9.17) is 4.74 Å². The summed E-state index contributed by atoms with van der Waals surface area (Å²) in [5.41, 5.74) is -0.680. The van der Waals surface area contributed by atoms with Crippen LogP contribution >= 0.6 is 0 Å². The number of aliphatic hydroxyl groups is 1. The molecule has 1 saturated heterocycles. The van der Waals surface area contributed by atoms with Gasteiger partial charge >= 0.3 is 6.09 Å². The largest absolute Gasteiger partial charge is 0.449 e. The van der Waals surface area contributed by atoms with Crippen LogP contribution in [0.4, 0.5) is 4.79 Å². The molecule has 0 spiro atoms.